The van der Waals surface area contributed by atoms with Crippen LogP contribution in [0.1, 0.15) is 70.6 Å². The summed E-state index contributed by atoms with van der Waals surface area (Å²) in [4.78, 5) is 28.3. The first kappa shape index (κ1) is 30.4. The van der Waals surface area contributed by atoms with Crippen molar-refractivity contribution >= 4 is 27.5 Å². The predicted molar refractivity (Wildman–Crippen MR) is 151 cm³/mol. The van der Waals surface area contributed by atoms with Crippen LogP contribution in [0.3, 0.4) is 0 Å². The number of amides is 2. The average Bonchev–Trinajstić information content (AvgIpc) is 2.82. The SMILES string of the molecule is CCCCNC(=O)[C@H](CC)N(Cc1ccc(C)cc1)C(=O)CN(c1ccc(C(C)(C)C)cc1)S(C)(=O)=O. The van der Waals surface area contributed by atoms with E-state index in [-0.39, 0.29) is 17.9 Å². The molecule has 0 radical (unpaired) electrons. The molecule has 0 aliphatic heterocycles. The lowest BCUT2D eigenvalue weighted by Gasteiger charge is -2.33. The first-order valence-electron chi connectivity index (χ1n) is 13.0. The standard InChI is InChI=1S/C29H43N3O4S/c1-8-10-19-30-28(34)26(9-2)31(20-23-13-11-22(3)12-14-23)27(33)21-32(37(7,35)36)25-17-15-24(16-18-25)29(4,5)6/h11-18,26H,8-10,19-21H2,1-7H3,(H,30,34)/t26-/m0/s1. The van der Waals surface area contributed by atoms with Gasteiger partial charge in [-0.2, -0.15) is 0 Å². The maximum atomic E-state index is 13.7. The molecule has 2 rings (SSSR count). The second-order valence-corrected chi connectivity index (χ2v) is 12.5. The lowest BCUT2D eigenvalue weighted by atomic mass is 9.87. The van der Waals surface area contributed by atoms with Gasteiger partial charge in [-0.3, -0.25) is 13.9 Å². The monoisotopic (exact) mass is 529 g/mol. The van der Waals surface area contributed by atoms with Gasteiger partial charge in [-0.1, -0.05) is 83.0 Å². The van der Waals surface area contributed by atoms with E-state index >= 15 is 0 Å². The van der Waals surface area contributed by atoms with Gasteiger partial charge in [-0.15, -0.1) is 0 Å². The number of hydrogen-bond donors (Lipinski definition) is 1. The molecule has 2 aromatic rings. The minimum absolute atomic E-state index is 0.0887. The second kappa shape index (κ2) is 13.1. The molecular weight excluding hydrogens is 486 g/mol. The van der Waals surface area contributed by atoms with Crippen molar-refractivity contribution in [2.75, 3.05) is 23.7 Å². The van der Waals surface area contributed by atoms with Crippen molar-refractivity contribution in [1.29, 1.82) is 0 Å². The average molecular weight is 530 g/mol. The van der Waals surface area contributed by atoms with Crippen LogP contribution >= 0.6 is 0 Å². The smallest absolute Gasteiger partial charge is 0.244 e. The van der Waals surface area contributed by atoms with E-state index in [2.05, 4.69) is 26.1 Å². The quantitative estimate of drug-likeness (QED) is 0.401. The molecular formula is C29H43N3O4S. The van der Waals surface area contributed by atoms with Gasteiger partial charge in [0.25, 0.3) is 0 Å². The summed E-state index contributed by atoms with van der Waals surface area (Å²) >= 11 is 0. The Kier molecular flexibility index (Phi) is 10.7. The lowest BCUT2D eigenvalue weighted by molar-refractivity contribution is -0.140. The Labute approximate surface area is 223 Å². The van der Waals surface area contributed by atoms with Gasteiger partial charge in [0.2, 0.25) is 21.8 Å². The number of rotatable bonds is 12. The fourth-order valence-corrected chi connectivity index (χ4v) is 4.91. The molecule has 204 valence electrons. The molecule has 0 heterocycles. The number of nitrogens with zero attached hydrogens (tertiary/aromatic N) is 2. The Bertz CT molecular complexity index is 1140. The van der Waals surface area contributed by atoms with E-state index in [0.29, 0.717) is 18.7 Å². The van der Waals surface area contributed by atoms with Crippen molar-refractivity contribution in [2.24, 2.45) is 0 Å². The van der Waals surface area contributed by atoms with Gasteiger partial charge in [0.1, 0.15) is 12.6 Å². The lowest BCUT2D eigenvalue weighted by Crippen LogP contribution is -2.52. The largest absolute Gasteiger partial charge is 0.354 e. The number of aryl methyl sites for hydroxylation is 1. The zero-order valence-electron chi connectivity index (χ0n) is 23.4. The Morgan fingerprint density at radius 1 is 0.973 bits per heavy atom. The summed E-state index contributed by atoms with van der Waals surface area (Å²) in [7, 11) is -3.76. The zero-order valence-corrected chi connectivity index (χ0v) is 24.2. The predicted octanol–water partition coefficient (Wildman–Crippen LogP) is 4.78. The number of carbonyl (C=O) groups excluding carboxylic acids is 2. The first-order valence-corrected chi connectivity index (χ1v) is 14.8. The van der Waals surface area contributed by atoms with Crippen LogP contribution in [-0.4, -0.2) is 50.5 Å². The number of hydrogen-bond acceptors (Lipinski definition) is 4. The molecule has 37 heavy (non-hydrogen) atoms. The van der Waals surface area contributed by atoms with Gasteiger partial charge in [0, 0.05) is 13.1 Å². The molecule has 0 fully saturated rings. The third kappa shape index (κ3) is 8.88. The summed E-state index contributed by atoms with van der Waals surface area (Å²) in [5.41, 5.74) is 3.35. The second-order valence-electron chi connectivity index (χ2n) is 10.6. The summed E-state index contributed by atoms with van der Waals surface area (Å²) in [6.45, 7) is 12.5. The van der Waals surface area contributed by atoms with Crippen molar-refractivity contribution < 1.29 is 18.0 Å². The zero-order chi connectivity index (χ0) is 27.8. The van der Waals surface area contributed by atoms with Gasteiger partial charge in [0.05, 0.1) is 11.9 Å². The van der Waals surface area contributed by atoms with Crippen LogP contribution in [0.4, 0.5) is 5.69 Å². The van der Waals surface area contributed by atoms with Gasteiger partial charge >= 0.3 is 0 Å². The third-order valence-corrected chi connectivity index (χ3v) is 7.53. The normalized spacial score (nSPS) is 12.6. The summed E-state index contributed by atoms with van der Waals surface area (Å²) in [6, 6.07) is 14.3. The van der Waals surface area contributed by atoms with Gasteiger partial charge in [-0.05, 0) is 48.4 Å². The molecule has 7 nitrogen and oxygen atoms in total. The van der Waals surface area contributed by atoms with Crippen LogP contribution in [0.25, 0.3) is 0 Å². The van der Waals surface area contributed by atoms with Crippen LogP contribution in [0.2, 0.25) is 0 Å². The highest BCUT2D eigenvalue weighted by Crippen LogP contribution is 2.26. The minimum Gasteiger partial charge on any atom is -0.354 e. The number of benzene rings is 2. The molecule has 0 aliphatic carbocycles. The molecule has 0 bridgehead atoms. The number of carbonyl (C=O) groups is 2. The number of nitrogens with one attached hydrogen (secondary N) is 1. The van der Waals surface area contributed by atoms with E-state index in [4.69, 9.17) is 0 Å². The van der Waals surface area contributed by atoms with E-state index < -0.39 is 28.5 Å². The fraction of sp³-hybridized carbons (Fsp3) is 0.517. The van der Waals surface area contributed by atoms with Gasteiger partial charge in [-0.25, -0.2) is 8.42 Å². The molecule has 0 unspecified atom stereocenters. The van der Waals surface area contributed by atoms with Crippen LogP contribution in [0.15, 0.2) is 48.5 Å². The van der Waals surface area contributed by atoms with Crippen LogP contribution < -0.4 is 9.62 Å². The fourth-order valence-electron chi connectivity index (χ4n) is 4.06. The topological polar surface area (TPSA) is 86.8 Å². The van der Waals surface area contributed by atoms with E-state index in [1.54, 1.807) is 12.1 Å². The Morgan fingerprint density at radius 2 is 1.57 bits per heavy atom. The highest BCUT2D eigenvalue weighted by molar-refractivity contribution is 7.92. The molecule has 0 saturated carbocycles. The van der Waals surface area contributed by atoms with E-state index in [9.17, 15) is 18.0 Å². The van der Waals surface area contributed by atoms with Crippen LogP contribution in [0, 0.1) is 6.92 Å². The molecule has 8 heteroatoms. The molecule has 2 aromatic carbocycles. The third-order valence-electron chi connectivity index (χ3n) is 6.39. The molecule has 0 aliphatic rings. The van der Waals surface area contributed by atoms with Crippen LogP contribution in [-0.2, 0) is 31.6 Å². The van der Waals surface area contributed by atoms with Crippen LogP contribution in [0.5, 0.6) is 0 Å². The molecule has 1 atom stereocenters. The molecule has 2 amide bonds. The number of unbranched alkanes of at least 4 members (excludes halogenated alkanes) is 1. The Morgan fingerprint density at radius 3 is 2.05 bits per heavy atom. The van der Waals surface area contributed by atoms with Crippen molar-refractivity contribution in [3.63, 3.8) is 0 Å². The van der Waals surface area contributed by atoms with E-state index in [1.807, 2.05) is 57.2 Å². The first-order chi connectivity index (χ1) is 17.3. The Hall–Kier alpha value is -2.87. The molecule has 0 spiro atoms. The van der Waals surface area contributed by atoms with Crippen molar-refractivity contribution in [3.05, 3.63) is 65.2 Å². The highest BCUT2D eigenvalue weighted by atomic mass is 32.2. The molecule has 1 N–H and O–H groups in total. The molecule has 0 saturated heterocycles. The van der Waals surface area contributed by atoms with Crippen molar-refractivity contribution in [2.45, 2.75) is 78.8 Å². The maximum absolute atomic E-state index is 13.7. The number of sulfonamides is 1. The van der Waals surface area contributed by atoms with Crippen molar-refractivity contribution in [3.8, 4) is 0 Å². The van der Waals surface area contributed by atoms with Gasteiger partial charge < -0.3 is 10.2 Å². The van der Waals surface area contributed by atoms with E-state index in [0.717, 1.165) is 40.1 Å². The highest BCUT2D eigenvalue weighted by Gasteiger charge is 2.31. The summed E-state index contributed by atoms with van der Waals surface area (Å²) in [5.74, 6) is -0.653. The summed E-state index contributed by atoms with van der Waals surface area (Å²) < 4.78 is 26.7. The Balaban J connectivity index is 2.40. The van der Waals surface area contributed by atoms with E-state index in [1.165, 1.54) is 4.90 Å². The summed E-state index contributed by atoms with van der Waals surface area (Å²) in [5, 5.41) is 2.94. The van der Waals surface area contributed by atoms with Gasteiger partial charge in [0.15, 0.2) is 0 Å². The molecule has 0 aromatic heterocycles. The maximum Gasteiger partial charge on any atom is 0.244 e. The number of anilines is 1. The van der Waals surface area contributed by atoms with Crippen molar-refractivity contribution in [1.82, 2.24) is 10.2 Å². The summed E-state index contributed by atoms with van der Waals surface area (Å²) in [6.07, 6.45) is 3.30. The minimum atomic E-state index is -3.76.